The quantitative estimate of drug-likeness (QED) is 0.601. The fourth-order valence-corrected chi connectivity index (χ4v) is 3.42. The third-order valence-corrected chi connectivity index (χ3v) is 4.82. The van der Waals surface area contributed by atoms with Crippen LogP contribution in [0.4, 0.5) is 18.9 Å². The van der Waals surface area contributed by atoms with Gasteiger partial charge >= 0.3 is 0 Å². The van der Waals surface area contributed by atoms with Crippen LogP contribution in [0.15, 0.2) is 36.4 Å². The lowest BCUT2D eigenvalue weighted by Gasteiger charge is -2.15. The highest BCUT2D eigenvalue weighted by Gasteiger charge is 2.18. The van der Waals surface area contributed by atoms with E-state index in [0.717, 1.165) is 30.4 Å². The smallest absolute Gasteiger partial charge is 0.244 e. The van der Waals surface area contributed by atoms with Crippen molar-refractivity contribution >= 4 is 27.7 Å². The van der Waals surface area contributed by atoms with Crippen molar-refractivity contribution in [2.75, 3.05) is 11.0 Å². The van der Waals surface area contributed by atoms with Crippen LogP contribution in [0.1, 0.15) is 43.0 Å². The number of benzene rings is 2. The van der Waals surface area contributed by atoms with Crippen LogP contribution in [0.2, 0.25) is 0 Å². The molecule has 0 heterocycles. The van der Waals surface area contributed by atoms with Crippen molar-refractivity contribution in [3.8, 4) is 0 Å². The van der Waals surface area contributed by atoms with Crippen LogP contribution in [0, 0.1) is 17.5 Å². The van der Waals surface area contributed by atoms with Gasteiger partial charge in [-0.15, -0.1) is 0 Å². The number of carbonyl (C=O) groups excluding carboxylic acids is 1. The number of hydrogen-bond donors (Lipinski definition) is 2. The minimum Gasteiger partial charge on any atom is -0.346 e. The summed E-state index contributed by atoms with van der Waals surface area (Å²) in [6.07, 6.45) is 5.06. The molecule has 0 radical (unpaired) electrons. The monoisotopic (exact) mass is 440 g/mol. The molecule has 0 aliphatic carbocycles. The van der Waals surface area contributed by atoms with E-state index < -0.39 is 39.3 Å². The zero-order valence-electron chi connectivity index (χ0n) is 16.8. The number of aryl methyl sites for hydroxylation is 1. The minimum absolute atomic E-state index is 0.124. The maximum atomic E-state index is 14.1. The largest absolute Gasteiger partial charge is 0.346 e. The van der Waals surface area contributed by atoms with Gasteiger partial charge in [-0.2, -0.15) is 0 Å². The zero-order valence-corrected chi connectivity index (χ0v) is 17.6. The lowest BCUT2D eigenvalue weighted by molar-refractivity contribution is -0.117. The van der Waals surface area contributed by atoms with Gasteiger partial charge in [0.25, 0.3) is 0 Å². The van der Waals surface area contributed by atoms with Crippen molar-refractivity contribution in [3.05, 3.63) is 70.5 Å². The van der Waals surface area contributed by atoms with Gasteiger partial charge in [-0.05, 0) is 60.4 Å². The summed E-state index contributed by atoms with van der Waals surface area (Å²) >= 11 is 0. The van der Waals surface area contributed by atoms with Gasteiger partial charge in [-0.3, -0.25) is 9.52 Å². The van der Waals surface area contributed by atoms with Gasteiger partial charge in [-0.25, -0.2) is 21.6 Å². The lowest BCUT2D eigenvalue weighted by Crippen LogP contribution is -2.25. The van der Waals surface area contributed by atoms with Crippen LogP contribution in [-0.4, -0.2) is 20.6 Å². The summed E-state index contributed by atoms with van der Waals surface area (Å²) in [4.78, 5) is 12.2. The number of sulfonamides is 1. The molecule has 0 aliphatic heterocycles. The van der Waals surface area contributed by atoms with Gasteiger partial charge < -0.3 is 5.32 Å². The topological polar surface area (TPSA) is 75.3 Å². The van der Waals surface area contributed by atoms with Crippen molar-refractivity contribution in [2.24, 2.45) is 0 Å². The van der Waals surface area contributed by atoms with Crippen LogP contribution in [0.25, 0.3) is 6.08 Å². The molecule has 2 aromatic rings. The van der Waals surface area contributed by atoms with Crippen LogP contribution < -0.4 is 10.0 Å². The van der Waals surface area contributed by atoms with Crippen LogP contribution in [0.3, 0.4) is 0 Å². The van der Waals surface area contributed by atoms with E-state index in [4.69, 9.17) is 0 Å². The summed E-state index contributed by atoms with van der Waals surface area (Å²) in [5, 5.41) is 2.58. The molecule has 0 aromatic heterocycles. The second kappa shape index (κ2) is 9.80. The predicted molar refractivity (Wildman–Crippen MR) is 111 cm³/mol. The molecule has 30 heavy (non-hydrogen) atoms. The maximum absolute atomic E-state index is 14.1. The zero-order chi connectivity index (χ0) is 22.5. The molecule has 0 aliphatic rings. The Bertz CT molecular complexity index is 1050. The average Bonchev–Trinajstić information content (AvgIpc) is 2.63. The third kappa shape index (κ3) is 6.62. The molecular formula is C21H23F3N2O3S. The van der Waals surface area contributed by atoms with Gasteiger partial charge in [-0.1, -0.05) is 19.4 Å². The molecule has 2 rings (SSSR count). The van der Waals surface area contributed by atoms with Crippen molar-refractivity contribution in [1.29, 1.82) is 0 Å². The summed E-state index contributed by atoms with van der Waals surface area (Å²) in [5.41, 5.74) is 0.820. The summed E-state index contributed by atoms with van der Waals surface area (Å²) < 4.78 is 65.9. The van der Waals surface area contributed by atoms with Crippen molar-refractivity contribution in [2.45, 2.75) is 32.7 Å². The number of nitrogens with one attached hydrogen (secondary N) is 2. The highest BCUT2D eigenvalue weighted by Crippen LogP contribution is 2.25. The van der Waals surface area contributed by atoms with E-state index in [9.17, 15) is 26.4 Å². The Morgan fingerprint density at radius 1 is 1.13 bits per heavy atom. The first-order chi connectivity index (χ1) is 14.0. The van der Waals surface area contributed by atoms with Gasteiger partial charge in [0, 0.05) is 6.08 Å². The SMILES string of the molecule is CCCc1cc(F)ccc1/C=C\C(=O)N[C@H](C)c1cc(F)c(NS(C)(=O)=O)c(F)c1. The minimum atomic E-state index is -3.85. The number of carbonyl (C=O) groups is 1. The predicted octanol–water partition coefficient (Wildman–Crippen LogP) is 4.32. The van der Waals surface area contributed by atoms with Crippen molar-refractivity contribution in [3.63, 3.8) is 0 Å². The fraction of sp³-hybridized carbons (Fsp3) is 0.286. The van der Waals surface area contributed by atoms with E-state index in [0.29, 0.717) is 12.0 Å². The molecule has 9 heteroatoms. The molecule has 1 atom stereocenters. The van der Waals surface area contributed by atoms with Gasteiger partial charge in [0.1, 0.15) is 11.5 Å². The first kappa shape index (κ1) is 23.5. The van der Waals surface area contributed by atoms with E-state index in [1.165, 1.54) is 25.1 Å². The molecule has 0 saturated carbocycles. The summed E-state index contributed by atoms with van der Waals surface area (Å²) in [7, 11) is -3.85. The second-order valence-electron chi connectivity index (χ2n) is 6.89. The van der Waals surface area contributed by atoms with E-state index >= 15 is 0 Å². The van der Waals surface area contributed by atoms with E-state index in [2.05, 4.69) is 5.32 Å². The van der Waals surface area contributed by atoms with E-state index in [-0.39, 0.29) is 11.4 Å². The van der Waals surface area contributed by atoms with E-state index in [1.54, 1.807) is 16.9 Å². The molecule has 1 amide bonds. The molecule has 0 spiro atoms. The molecule has 0 unspecified atom stereocenters. The van der Waals surface area contributed by atoms with Crippen molar-refractivity contribution in [1.82, 2.24) is 5.32 Å². The van der Waals surface area contributed by atoms with Gasteiger partial charge in [0.15, 0.2) is 11.6 Å². The maximum Gasteiger partial charge on any atom is 0.244 e. The number of amides is 1. The third-order valence-electron chi connectivity index (χ3n) is 4.25. The number of hydrogen-bond acceptors (Lipinski definition) is 3. The Balaban J connectivity index is 2.14. The van der Waals surface area contributed by atoms with E-state index in [1.807, 2.05) is 6.92 Å². The number of halogens is 3. The number of anilines is 1. The van der Waals surface area contributed by atoms with Crippen LogP contribution in [0.5, 0.6) is 0 Å². The Labute approximate surface area is 174 Å². The van der Waals surface area contributed by atoms with Crippen LogP contribution in [-0.2, 0) is 21.2 Å². The molecule has 2 aromatic carbocycles. The highest BCUT2D eigenvalue weighted by atomic mass is 32.2. The lowest BCUT2D eigenvalue weighted by atomic mass is 10.0. The van der Waals surface area contributed by atoms with Gasteiger partial charge in [0.05, 0.1) is 12.3 Å². The molecule has 5 nitrogen and oxygen atoms in total. The summed E-state index contributed by atoms with van der Waals surface area (Å²) in [6.45, 7) is 3.49. The fourth-order valence-electron chi connectivity index (χ4n) is 2.86. The molecule has 0 fully saturated rings. The molecule has 2 N–H and O–H groups in total. The molecule has 0 bridgehead atoms. The Hall–Kier alpha value is -2.81. The highest BCUT2D eigenvalue weighted by molar-refractivity contribution is 7.92. The van der Waals surface area contributed by atoms with Crippen LogP contribution >= 0.6 is 0 Å². The Kier molecular flexibility index (Phi) is 7.66. The second-order valence-corrected chi connectivity index (χ2v) is 8.64. The summed E-state index contributed by atoms with van der Waals surface area (Å²) in [5.74, 6) is -3.05. The molecule has 162 valence electrons. The number of rotatable bonds is 8. The Morgan fingerprint density at radius 2 is 1.77 bits per heavy atom. The normalized spacial score (nSPS) is 12.7. The van der Waals surface area contributed by atoms with Gasteiger partial charge in [0.2, 0.25) is 15.9 Å². The van der Waals surface area contributed by atoms with Crippen molar-refractivity contribution < 1.29 is 26.4 Å². The Morgan fingerprint density at radius 3 is 2.33 bits per heavy atom. The molecular weight excluding hydrogens is 417 g/mol. The first-order valence-corrected chi connectivity index (χ1v) is 11.1. The molecule has 0 saturated heterocycles. The average molecular weight is 440 g/mol. The summed E-state index contributed by atoms with van der Waals surface area (Å²) in [6, 6.07) is 5.45. The standard InChI is InChI=1S/C21H23F3N2O3S/c1-4-5-15-10-17(22)8-6-14(15)7-9-20(27)25-13(2)16-11-18(23)21(19(24)12-16)26-30(3,28)29/h6-13,26H,4-5H2,1-3H3,(H,25,27)/b9-7-/t13-/m1/s1. The first-order valence-electron chi connectivity index (χ1n) is 9.24.